The van der Waals surface area contributed by atoms with Crippen LogP contribution in [0.2, 0.25) is 10.3 Å². The van der Waals surface area contributed by atoms with Gasteiger partial charge in [-0.2, -0.15) is 0 Å². The zero-order chi connectivity index (χ0) is 9.00. The second-order valence-corrected chi connectivity index (χ2v) is 4.53. The number of aromatic nitrogens is 2. The molecule has 0 bridgehead atoms. The van der Waals surface area contributed by atoms with Crippen LogP contribution >= 0.6 is 23.2 Å². The SMILES string of the molecule is Clc1nnc(Cl)c2c1CCC1CC21. The molecule has 0 saturated heterocycles. The lowest BCUT2D eigenvalue weighted by molar-refractivity contribution is 0.659. The molecule has 2 nitrogen and oxygen atoms in total. The van der Waals surface area contributed by atoms with Crippen LogP contribution in [0.25, 0.3) is 0 Å². The number of fused-ring (bicyclic) bond motifs is 3. The lowest BCUT2D eigenvalue weighted by Gasteiger charge is -2.15. The molecule has 0 aromatic carbocycles. The maximum absolute atomic E-state index is 6.00. The van der Waals surface area contributed by atoms with Gasteiger partial charge in [0.05, 0.1) is 0 Å². The summed E-state index contributed by atoms with van der Waals surface area (Å²) < 4.78 is 0. The number of nitrogens with zero attached hydrogens (tertiary/aromatic N) is 2. The van der Waals surface area contributed by atoms with Crippen molar-refractivity contribution in [2.45, 2.75) is 25.2 Å². The van der Waals surface area contributed by atoms with E-state index in [4.69, 9.17) is 23.2 Å². The van der Waals surface area contributed by atoms with E-state index in [0.29, 0.717) is 16.2 Å². The molecule has 0 amide bonds. The average molecular weight is 215 g/mol. The molecular weight excluding hydrogens is 207 g/mol. The molecule has 68 valence electrons. The smallest absolute Gasteiger partial charge is 0.137 e. The fraction of sp³-hybridized carbons (Fsp3) is 0.556. The molecule has 2 aliphatic rings. The molecule has 1 aromatic heterocycles. The van der Waals surface area contributed by atoms with Gasteiger partial charge >= 0.3 is 0 Å². The highest BCUT2D eigenvalue weighted by Crippen LogP contribution is 2.56. The predicted molar refractivity (Wildman–Crippen MR) is 51.2 cm³/mol. The number of halogens is 2. The van der Waals surface area contributed by atoms with E-state index in [1.54, 1.807) is 0 Å². The van der Waals surface area contributed by atoms with E-state index in [-0.39, 0.29) is 0 Å². The molecular formula is C9H8Cl2N2. The minimum atomic E-state index is 0.546. The molecule has 1 saturated carbocycles. The lowest BCUT2D eigenvalue weighted by Crippen LogP contribution is -2.06. The van der Waals surface area contributed by atoms with Crippen molar-refractivity contribution >= 4 is 23.2 Å². The van der Waals surface area contributed by atoms with Crippen molar-refractivity contribution in [2.24, 2.45) is 5.92 Å². The van der Waals surface area contributed by atoms with Crippen LogP contribution in [0.15, 0.2) is 0 Å². The summed E-state index contributed by atoms with van der Waals surface area (Å²) in [6.07, 6.45) is 3.51. The van der Waals surface area contributed by atoms with E-state index < -0.39 is 0 Å². The van der Waals surface area contributed by atoms with Gasteiger partial charge in [0.2, 0.25) is 0 Å². The van der Waals surface area contributed by atoms with E-state index in [2.05, 4.69) is 10.2 Å². The van der Waals surface area contributed by atoms with Crippen molar-refractivity contribution in [3.63, 3.8) is 0 Å². The molecule has 3 rings (SSSR count). The monoisotopic (exact) mass is 214 g/mol. The third-order valence-electron chi connectivity index (χ3n) is 3.08. The number of hydrogen-bond acceptors (Lipinski definition) is 2. The van der Waals surface area contributed by atoms with Crippen molar-refractivity contribution in [3.05, 3.63) is 21.4 Å². The summed E-state index contributed by atoms with van der Waals surface area (Å²) in [6.45, 7) is 0. The first-order valence-corrected chi connectivity index (χ1v) is 5.23. The minimum Gasteiger partial charge on any atom is -0.137 e. The highest BCUT2D eigenvalue weighted by Gasteiger charge is 2.44. The molecule has 1 fully saturated rings. The first-order valence-electron chi connectivity index (χ1n) is 4.48. The van der Waals surface area contributed by atoms with E-state index in [0.717, 1.165) is 17.9 Å². The average Bonchev–Trinajstić information content (AvgIpc) is 2.89. The van der Waals surface area contributed by atoms with E-state index in [9.17, 15) is 0 Å². The molecule has 13 heavy (non-hydrogen) atoms. The van der Waals surface area contributed by atoms with Gasteiger partial charge < -0.3 is 0 Å². The van der Waals surface area contributed by atoms with Crippen molar-refractivity contribution in [1.82, 2.24) is 10.2 Å². The predicted octanol–water partition coefficient (Wildman–Crippen LogP) is 2.83. The Morgan fingerprint density at radius 1 is 1.15 bits per heavy atom. The summed E-state index contributed by atoms with van der Waals surface area (Å²) >= 11 is 12.0. The molecule has 1 aromatic rings. The molecule has 2 aliphatic carbocycles. The molecule has 4 heteroatoms. The maximum Gasteiger partial charge on any atom is 0.155 e. The van der Waals surface area contributed by atoms with Gasteiger partial charge in [0, 0.05) is 5.56 Å². The zero-order valence-electron chi connectivity index (χ0n) is 6.93. The second-order valence-electron chi connectivity index (χ2n) is 3.81. The van der Waals surface area contributed by atoms with Gasteiger partial charge in [-0.25, -0.2) is 0 Å². The van der Waals surface area contributed by atoms with Crippen LogP contribution in [0.1, 0.15) is 29.9 Å². The van der Waals surface area contributed by atoms with Gasteiger partial charge in [-0.3, -0.25) is 0 Å². The van der Waals surface area contributed by atoms with Crippen molar-refractivity contribution in [1.29, 1.82) is 0 Å². The van der Waals surface area contributed by atoms with Crippen LogP contribution in [-0.2, 0) is 6.42 Å². The lowest BCUT2D eigenvalue weighted by atomic mass is 9.94. The summed E-state index contributed by atoms with van der Waals surface area (Å²) in [4.78, 5) is 0. The van der Waals surface area contributed by atoms with Crippen LogP contribution in [0, 0.1) is 5.92 Å². The van der Waals surface area contributed by atoms with Crippen LogP contribution in [-0.4, -0.2) is 10.2 Å². The minimum absolute atomic E-state index is 0.546. The third kappa shape index (κ3) is 1.09. The molecule has 1 heterocycles. The standard InChI is InChI=1S/C9H8Cl2N2/c10-8-5-2-1-4-3-6(4)7(5)9(11)13-12-8/h4,6H,1-3H2. The van der Waals surface area contributed by atoms with Gasteiger partial charge in [0.15, 0.2) is 10.3 Å². The van der Waals surface area contributed by atoms with Crippen LogP contribution < -0.4 is 0 Å². The van der Waals surface area contributed by atoms with Crippen LogP contribution in [0.3, 0.4) is 0 Å². The van der Waals surface area contributed by atoms with E-state index >= 15 is 0 Å². The molecule has 0 N–H and O–H groups in total. The fourth-order valence-electron chi connectivity index (χ4n) is 2.30. The van der Waals surface area contributed by atoms with Gasteiger partial charge in [-0.05, 0) is 36.7 Å². The second kappa shape index (κ2) is 2.58. The van der Waals surface area contributed by atoms with E-state index in [1.165, 1.54) is 18.4 Å². The van der Waals surface area contributed by atoms with Gasteiger partial charge in [0.25, 0.3) is 0 Å². The largest absolute Gasteiger partial charge is 0.155 e. The molecule has 0 radical (unpaired) electrons. The Hall–Kier alpha value is -0.340. The summed E-state index contributed by atoms with van der Waals surface area (Å²) in [5.41, 5.74) is 2.32. The first kappa shape index (κ1) is 8.01. The Morgan fingerprint density at radius 2 is 1.92 bits per heavy atom. The third-order valence-corrected chi connectivity index (χ3v) is 3.66. The molecule has 2 unspecified atom stereocenters. The Kier molecular flexibility index (Phi) is 1.59. The topological polar surface area (TPSA) is 25.8 Å². The maximum atomic E-state index is 6.00. The van der Waals surface area contributed by atoms with Crippen molar-refractivity contribution in [2.75, 3.05) is 0 Å². The van der Waals surface area contributed by atoms with Crippen LogP contribution in [0.4, 0.5) is 0 Å². The highest BCUT2D eigenvalue weighted by atomic mass is 35.5. The van der Waals surface area contributed by atoms with Gasteiger partial charge in [0.1, 0.15) is 0 Å². The molecule has 0 spiro atoms. The Labute approximate surface area is 86.3 Å². The molecule has 2 atom stereocenters. The fourth-order valence-corrected chi connectivity index (χ4v) is 2.83. The van der Waals surface area contributed by atoms with Crippen molar-refractivity contribution in [3.8, 4) is 0 Å². The zero-order valence-corrected chi connectivity index (χ0v) is 8.44. The Bertz CT molecular complexity index is 378. The summed E-state index contributed by atoms with van der Waals surface area (Å²) in [5, 5.41) is 8.79. The summed E-state index contributed by atoms with van der Waals surface area (Å²) in [7, 11) is 0. The highest BCUT2D eigenvalue weighted by molar-refractivity contribution is 6.32. The normalized spacial score (nSPS) is 29.4. The van der Waals surface area contributed by atoms with Gasteiger partial charge in [-0.1, -0.05) is 23.2 Å². The quantitative estimate of drug-likeness (QED) is 0.664. The summed E-state index contributed by atoms with van der Waals surface area (Å²) in [5.74, 6) is 1.47. The van der Waals surface area contributed by atoms with E-state index in [1.807, 2.05) is 0 Å². The van der Waals surface area contributed by atoms with Crippen LogP contribution in [0.5, 0.6) is 0 Å². The first-order chi connectivity index (χ1) is 6.27. The number of hydrogen-bond donors (Lipinski definition) is 0. The Balaban J connectivity index is 2.22. The molecule has 0 aliphatic heterocycles. The Morgan fingerprint density at radius 3 is 2.77 bits per heavy atom. The van der Waals surface area contributed by atoms with Crippen molar-refractivity contribution < 1.29 is 0 Å². The number of rotatable bonds is 0. The van der Waals surface area contributed by atoms with Gasteiger partial charge in [-0.15, -0.1) is 10.2 Å². The summed E-state index contributed by atoms with van der Waals surface area (Å²) in [6, 6.07) is 0.